The van der Waals surface area contributed by atoms with Gasteiger partial charge in [0.15, 0.2) is 5.82 Å². The average molecular weight is 495 g/mol. The van der Waals surface area contributed by atoms with Gasteiger partial charge in [-0.1, -0.05) is 29.8 Å². The second-order valence-corrected chi connectivity index (χ2v) is 9.40. The molecule has 1 fully saturated rings. The van der Waals surface area contributed by atoms with Crippen LogP contribution in [0.2, 0.25) is 5.02 Å². The van der Waals surface area contributed by atoms with Gasteiger partial charge in [-0.05, 0) is 36.6 Å². The molecule has 1 unspecified atom stereocenters. The van der Waals surface area contributed by atoms with Crippen molar-refractivity contribution in [3.8, 4) is 0 Å². The van der Waals surface area contributed by atoms with Crippen LogP contribution in [-0.4, -0.2) is 40.3 Å². The fourth-order valence-corrected chi connectivity index (χ4v) is 5.03. The summed E-state index contributed by atoms with van der Waals surface area (Å²) < 4.78 is 17.0. The predicted molar refractivity (Wildman–Crippen MR) is 135 cm³/mol. The molecular weight excluding hydrogens is 471 g/mol. The number of halogens is 2. The minimum Gasteiger partial charge on any atom is -0.477 e. The Kier molecular flexibility index (Phi) is 5.73. The molecule has 0 radical (unpaired) electrons. The lowest BCUT2D eigenvalue weighted by Gasteiger charge is -2.36. The lowest BCUT2D eigenvalue weighted by atomic mass is 9.99. The number of hydrogen-bond donors (Lipinski definition) is 2. The third-order valence-electron chi connectivity index (χ3n) is 6.86. The zero-order valence-corrected chi connectivity index (χ0v) is 20.3. The Bertz CT molecular complexity index is 1580. The van der Waals surface area contributed by atoms with Crippen molar-refractivity contribution in [3.63, 3.8) is 0 Å². The summed E-state index contributed by atoms with van der Waals surface area (Å²) in [5, 5.41) is 13.3. The number of aryl methyl sites for hydroxylation is 3. The first-order valence-corrected chi connectivity index (χ1v) is 11.6. The number of carboxylic acids is 1. The standard InChI is InChI=1S/C26H24ClFN4O3/c1-13-4-5-15(8-14(13)2)18-12-32(7-6-29-18)19-9-16-21-20(10-30-24(16)23(28)22(19)27)31(3)11-17(25(21)33)26(34)35/h4-5,8-11,18,29H,6-7,12H2,1-3H3,(H,34,35). The molecule has 4 aromatic rings. The Morgan fingerprint density at radius 1 is 1.26 bits per heavy atom. The number of fused-ring (bicyclic) bond motifs is 3. The number of benzene rings is 2. The Morgan fingerprint density at radius 2 is 2.03 bits per heavy atom. The molecule has 0 amide bonds. The summed E-state index contributed by atoms with van der Waals surface area (Å²) in [5.74, 6) is -2.07. The molecular formula is C26H24ClFN4O3. The highest BCUT2D eigenvalue weighted by molar-refractivity contribution is 6.34. The van der Waals surface area contributed by atoms with E-state index in [9.17, 15) is 14.7 Å². The summed E-state index contributed by atoms with van der Waals surface area (Å²) in [6.45, 7) is 5.92. The molecule has 0 spiro atoms. The van der Waals surface area contributed by atoms with Crippen molar-refractivity contribution in [3.05, 3.63) is 80.0 Å². The van der Waals surface area contributed by atoms with Crippen LogP contribution >= 0.6 is 11.6 Å². The van der Waals surface area contributed by atoms with E-state index in [1.54, 1.807) is 13.1 Å². The number of anilines is 1. The van der Waals surface area contributed by atoms with Crippen LogP contribution in [0.3, 0.4) is 0 Å². The van der Waals surface area contributed by atoms with Gasteiger partial charge in [0.2, 0.25) is 5.43 Å². The highest BCUT2D eigenvalue weighted by atomic mass is 35.5. The van der Waals surface area contributed by atoms with E-state index in [-0.39, 0.29) is 32.9 Å². The van der Waals surface area contributed by atoms with Crippen molar-refractivity contribution in [1.29, 1.82) is 0 Å². The van der Waals surface area contributed by atoms with Crippen molar-refractivity contribution < 1.29 is 14.3 Å². The van der Waals surface area contributed by atoms with Crippen molar-refractivity contribution in [2.24, 2.45) is 7.05 Å². The third-order valence-corrected chi connectivity index (χ3v) is 7.22. The van der Waals surface area contributed by atoms with Crippen LogP contribution in [0.15, 0.2) is 41.5 Å². The predicted octanol–water partition coefficient (Wildman–Crippen LogP) is 4.35. The fourth-order valence-electron chi connectivity index (χ4n) is 4.77. The van der Waals surface area contributed by atoms with Crippen LogP contribution < -0.4 is 15.6 Å². The molecule has 0 saturated carbocycles. The maximum absolute atomic E-state index is 15.5. The number of nitrogens with one attached hydrogen (secondary N) is 1. The SMILES string of the molecule is Cc1ccc(C2CN(c3cc4c(ncc5c4c(=O)c(C(=O)O)cn5C)c(F)c3Cl)CCN2)cc1C. The van der Waals surface area contributed by atoms with E-state index in [0.717, 1.165) is 5.56 Å². The molecule has 35 heavy (non-hydrogen) atoms. The van der Waals surface area contributed by atoms with Gasteiger partial charge in [0.1, 0.15) is 16.1 Å². The number of hydrogen-bond acceptors (Lipinski definition) is 5. The topological polar surface area (TPSA) is 87.5 Å². The Labute approximate surface area is 205 Å². The van der Waals surface area contributed by atoms with E-state index in [4.69, 9.17) is 11.6 Å². The molecule has 1 aliphatic rings. The van der Waals surface area contributed by atoms with Gasteiger partial charge in [-0.15, -0.1) is 0 Å². The minimum absolute atomic E-state index is 0.00926. The number of aromatic nitrogens is 2. The van der Waals surface area contributed by atoms with Gasteiger partial charge in [-0.3, -0.25) is 9.78 Å². The monoisotopic (exact) mass is 494 g/mol. The molecule has 1 atom stereocenters. The van der Waals surface area contributed by atoms with Crippen molar-refractivity contribution in [2.45, 2.75) is 19.9 Å². The first-order chi connectivity index (χ1) is 16.7. The molecule has 7 nitrogen and oxygen atoms in total. The molecule has 2 aromatic carbocycles. The number of nitrogens with zero attached hydrogens (tertiary/aromatic N) is 3. The molecule has 180 valence electrons. The number of carboxylic acid groups (broad SMARTS) is 1. The average Bonchev–Trinajstić information content (AvgIpc) is 2.84. The van der Waals surface area contributed by atoms with Gasteiger partial charge < -0.3 is 19.9 Å². The largest absolute Gasteiger partial charge is 0.477 e. The quantitative estimate of drug-likeness (QED) is 0.412. The van der Waals surface area contributed by atoms with Crippen LogP contribution in [0.4, 0.5) is 10.1 Å². The van der Waals surface area contributed by atoms with Crippen LogP contribution in [-0.2, 0) is 7.05 Å². The molecule has 2 N–H and O–H groups in total. The smallest absolute Gasteiger partial charge is 0.341 e. The zero-order chi connectivity index (χ0) is 25.0. The Balaban J connectivity index is 1.68. The third kappa shape index (κ3) is 3.83. The van der Waals surface area contributed by atoms with E-state index < -0.39 is 17.2 Å². The first kappa shape index (κ1) is 23.3. The lowest BCUT2D eigenvalue weighted by Crippen LogP contribution is -2.46. The summed E-state index contributed by atoms with van der Waals surface area (Å²) in [6, 6.07) is 7.98. The second-order valence-electron chi connectivity index (χ2n) is 9.02. The fraction of sp³-hybridized carbons (Fsp3) is 0.269. The van der Waals surface area contributed by atoms with E-state index in [1.807, 2.05) is 4.90 Å². The molecule has 1 aliphatic heterocycles. The molecule has 0 bridgehead atoms. The van der Waals surface area contributed by atoms with Gasteiger partial charge >= 0.3 is 5.97 Å². The summed E-state index contributed by atoms with van der Waals surface area (Å²) in [4.78, 5) is 31.0. The lowest BCUT2D eigenvalue weighted by molar-refractivity contribution is 0.0695. The summed E-state index contributed by atoms with van der Waals surface area (Å²) in [5.41, 5.74) is 3.26. The van der Waals surface area contributed by atoms with E-state index in [0.29, 0.717) is 30.8 Å². The Hall–Kier alpha value is -3.49. The van der Waals surface area contributed by atoms with Crippen molar-refractivity contribution in [2.75, 3.05) is 24.5 Å². The van der Waals surface area contributed by atoms with Crippen LogP contribution in [0.5, 0.6) is 0 Å². The number of piperazine rings is 1. The number of carbonyl (C=O) groups is 1. The van der Waals surface area contributed by atoms with E-state index >= 15 is 4.39 Å². The number of aromatic carboxylic acids is 1. The van der Waals surface area contributed by atoms with Crippen LogP contribution in [0.25, 0.3) is 21.8 Å². The number of rotatable bonds is 3. The normalized spacial score (nSPS) is 16.3. The molecule has 5 rings (SSSR count). The van der Waals surface area contributed by atoms with Crippen LogP contribution in [0.1, 0.15) is 33.1 Å². The molecule has 2 aromatic heterocycles. The molecule has 3 heterocycles. The van der Waals surface area contributed by atoms with Gasteiger partial charge in [-0.2, -0.15) is 0 Å². The number of pyridine rings is 2. The van der Waals surface area contributed by atoms with Gasteiger partial charge in [0.25, 0.3) is 0 Å². The van der Waals surface area contributed by atoms with Gasteiger partial charge in [0.05, 0.1) is 22.8 Å². The Morgan fingerprint density at radius 3 is 2.74 bits per heavy atom. The maximum Gasteiger partial charge on any atom is 0.341 e. The molecule has 9 heteroatoms. The zero-order valence-electron chi connectivity index (χ0n) is 19.5. The van der Waals surface area contributed by atoms with Crippen LogP contribution in [0, 0.1) is 19.7 Å². The summed E-state index contributed by atoms with van der Waals surface area (Å²) in [6.07, 6.45) is 2.61. The summed E-state index contributed by atoms with van der Waals surface area (Å²) in [7, 11) is 1.62. The summed E-state index contributed by atoms with van der Waals surface area (Å²) >= 11 is 6.49. The highest BCUT2D eigenvalue weighted by Crippen LogP contribution is 2.37. The minimum atomic E-state index is -1.34. The highest BCUT2D eigenvalue weighted by Gasteiger charge is 2.26. The second kappa shape index (κ2) is 8.62. The molecule has 1 saturated heterocycles. The van der Waals surface area contributed by atoms with Gasteiger partial charge in [-0.25, -0.2) is 9.18 Å². The van der Waals surface area contributed by atoms with E-state index in [1.165, 1.54) is 28.1 Å². The maximum atomic E-state index is 15.5. The first-order valence-electron chi connectivity index (χ1n) is 11.3. The van der Waals surface area contributed by atoms with Crippen molar-refractivity contribution in [1.82, 2.24) is 14.9 Å². The van der Waals surface area contributed by atoms with Gasteiger partial charge in [0, 0.05) is 44.3 Å². The van der Waals surface area contributed by atoms with E-state index in [2.05, 4.69) is 42.3 Å². The van der Waals surface area contributed by atoms with Crippen molar-refractivity contribution >= 4 is 45.1 Å². The molecule has 0 aliphatic carbocycles.